The number of hydrogen-bond acceptors (Lipinski definition) is 5. The molecule has 9 nitrogen and oxygen atoms in total. The summed E-state index contributed by atoms with van der Waals surface area (Å²) in [4.78, 5) is 51.7. The van der Waals surface area contributed by atoms with Crippen molar-refractivity contribution in [2.75, 3.05) is 6.54 Å². The van der Waals surface area contributed by atoms with Crippen molar-refractivity contribution in [2.24, 2.45) is 23.5 Å². The summed E-state index contributed by atoms with van der Waals surface area (Å²) >= 11 is 0. The van der Waals surface area contributed by atoms with Crippen molar-refractivity contribution < 1.29 is 24.3 Å². The Bertz CT molecular complexity index is 652. The summed E-state index contributed by atoms with van der Waals surface area (Å²) in [5.74, 6) is -2.44. The van der Waals surface area contributed by atoms with Crippen LogP contribution in [0.15, 0.2) is 0 Å². The van der Waals surface area contributed by atoms with Crippen molar-refractivity contribution in [3.63, 3.8) is 0 Å². The first-order chi connectivity index (χ1) is 14.4. The second-order valence-corrected chi connectivity index (χ2v) is 9.36. The standard InChI is InChI=1S/C22H40N4O5/c1-7-14(6)18(21(29)26-10-8-9-16(26)22(30)31)25-19(27)15(11-12(2)3)24-20(28)17(23)13(4)5/h12-18H,7-11,23H2,1-6H3,(H,24,28)(H,25,27)(H,30,31). The lowest BCUT2D eigenvalue weighted by atomic mass is 9.95. The van der Waals surface area contributed by atoms with Gasteiger partial charge in [-0.25, -0.2) is 4.79 Å². The summed E-state index contributed by atoms with van der Waals surface area (Å²) in [6.45, 7) is 11.6. The molecule has 1 fully saturated rings. The molecule has 0 bridgehead atoms. The van der Waals surface area contributed by atoms with Crippen LogP contribution in [0.3, 0.4) is 0 Å². The normalized spacial score (nSPS) is 20.3. The summed E-state index contributed by atoms with van der Waals surface area (Å²) in [7, 11) is 0. The highest BCUT2D eigenvalue weighted by Gasteiger charge is 2.40. The number of hydrogen-bond donors (Lipinski definition) is 4. The molecule has 5 atom stereocenters. The monoisotopic (exact) mass is 440 g/mol. The molecule has 0 aliphatic carbocycles. The second kappa shape index (κ2) is 12.0. The average Bonchev–Trinajstić information content (AvgIpc) is 3.19. The van der Waals surface area contributed by atoms with Crippen LogP contribution in [-0.4, -0.2) is 64.4 Å². The fourth-order valence-corrected chi connectivity index (χ4v) is 3.68. The summed E-state index contributed by atoms with van der Waals surface area (Å²) in [6, 6.07) is -3.30. The van der Waals surface area contributed by atoms with Crippen molar-refractivity contribution >= 4 is 23.7 Å². The average molecular weight is 441 g/mol. The van der Waals surface area contributed by atoms with Crippen LogP contribution in [0.25, 0.3) is 0 Å². The van der Waals surface area contributed by atoms with Gasteiger partial charge in [-0.1, -0.05) is 48.0 Å². The summed E-state index contributed by atoms with van der Waals surface area (Å²) in [6.07, 6.45) is 2.04. The van der Waals surface area contributed by atoms with Crippen molar-refractivity contribution in [1.82, 2.24) is 15.5 Å². The van der Waals surface area contributed by atoms with Crippen LogP contribution in [0.5, 0.6) is 0 Å². The third kappa shape index (κ3) is 7.48. The van der Waals surface area contributed by atoms with Crippen LogP contribution in [-0.2, 0) is 19.2 Å². The van der Waals surface area contributed by atoms with Crippen molar-refractivity contribution in [1.29, 1.82) is 0 Å². The van der Waals surface area contributed by atoms with E-state index >= 15 is 0 Å². The molecule has 178 valence electrons. The maximum Gasteiger partial charge on any atom is 0.326 e. The predicted octanol–water partition coefficient (Wildman–Crippen LogP) is 1.11. The van der Waals surface area contributed by atoms with Crippen LogP contribution in [0, 0.1) is 17.8 Å². The number of nitrogens with one attached hydrogen (secondary N) is 2. The topological polar surface area (TPSA) is 142 Å². The Kier molecular flexibility index (Phi) is 10.4. The van der Waals surface area contributed by atoms with Gasteiger partial charge in [0.2, 0.25) is 17.7 Å². The Morgan fingerprint density at radius 2 is 1.68 bits per heavy atom. The molecule has 31 heavy (non-hydrogen) atoms. The molecule has 1 rings (SSSR count). The highest BCUT2D eigenvalue weighted by Crippen LogP contribution is 2.21. The molecule has 5 unspecified atom stereocenters. The largest absolute Gasteiger partial charge is 0.480 e. The number of carboxylic acid groups (broad SMARTS) is 1. The number of aliphatic carboxylic acids is 1. The van der Waals surface area contributed by atoms with Crippen molar-refractivity contribution in [3.8, 4) is 0 Å². The zero-order chi connectivity index (χ0) is 23.9. The van der Waals surface area contributed by atoms with E-state index in [1.807, 2.05) is 41.5 Å². The van der Waals surface area contributed by atoms with Gasteiger partial charge in [-0.15, -0.1) is 0 Å². The highest BCUT2D eigenvalue weighted by molar-refractivity contribution is 5.94. The highest BCUT2D eigenvalue weighted by atomic mass is 16.4. The fraction of sp³-hybridized carbons (Fsp3) is 0.818. The van der Waals surface area contributed by atoms with E-state index in [1.54, 1.807) is 0 Å². The fourth-order valence-electron chi connectivity index (χ4n) is 3.68. The van der Waals surface area contributed by atoms with Gasteiger partial charge in [-0.05, 0) is 37.0 Å². The van der Waals surface area contributed by atoms with Gasteiger partial charge in [-0.2, -0.15) is 0 Å². The van der Waals surface area contributed by atoms with E-state index in [1.165, 1.54) is 4.90 Å². The molecule has 3 amide bonds. The Morgan fingerprint density at radius 3 is 2.16 bits per heavy atom. The van der Waals surface area contributed by atoms with Gasteiger partial charge in [0, 0.05) is 6.54 Å². The van der Waals surface area contributed by atoms with E-state index in [9.17, 15) is 24.3 Å². The molecule has 1 aliphatic rings. The zero-order valence-electron chi connectivity index (χ0n) is 19.7. The number of carbonyl (C=O) groups excluding carboxylic acids is 3. The molecule has 1 aliphatic heterocycles. The lowest BCUT2D eigenvalue weighted by molar-refractivity contribution is -0.150. The maximum absolute atomic E-state index is 13.2. The molecule has 5 N–H and O–H groups in total. The number of likely N-dealkylation sites (tertiary alicyclic amines) is 1. The molecule has 0 aromatic carbocycles. The van der Waals surface area contributed by atoms with Crippen LogP contribution < -0.4 is 16.4 Å². The Labute approximate surface area is 185 Å². The number of nitrogens with zero attached hydrogens (tertiary/aromatic N) is 1. The molecule has 1 heterocycles. The minimum atomic E-state index is -1.03. The Balaban J connectivity index is 3.04. The molecule has 9 heteroatoms. The van der Waals surface area contributed by atoms with Gasteiger partial charge in [-0.3, -0.25) is 14.4 Å². The van der Waals surface area contributed by atoms with Gasteiger partial charge in [0.05, 0.1) is 6.04 Å². The molecule has 0 spiro atoms. The number of nitrogens with two attached hydrogens (primary N) is 1. The van der Waals surface area contributed by atoms with Gasteiger partial charge < -0.3 is 26.4 Å². The first-order valence-corrected chi connectivity index (χ1v) is 11.3. The SMILES string of the molecule is CCC(C)C(NC(=O)C(CC(C)C)NC(=O)C(N)C(C)C)C(=O)N1CCCC1C(=O)O. The first-order valence-electron chi connectivity index (χ1n) is 11.3. The molecule has 0 saturated carbocycles. The van der Waals surface area contributed by atoms with E-state index in [0.717, 1.165) is 0 Å². The third-order valence-electron chi connectivity index (χ3n) is 5.96. The summed E-state index contributed by atoms with van der Waals surface area (Å²) in [5, 5.41) is 15.0. The van der Waals surface area contributed by atoms with Gasteiger partial charge >= 0.3 is 5.97 Å². The quantitative estimate of drug-likeness (QED) is 0.379. The third-order valence-corrected chi connectivity index (χ3v) is 5.96. The zero-order valence-corrected chi connectivity index (χ0v) is 19.7. The smallest absolute Gasteiger partial charge is 0.326 e. The van der Waals surface area contributed by atoms with E-state index in [-0.39, 0.29) is 23.7 Å². The lowest BCUT2D eigenvalue weighted by Gasteiger charge is -2.32. The van der Waals surface area contributed by atoms with Crippen LogP contribution in [0.2, 0.25) is 0 Å². The number of carbonyl (C=O) groups is 4. The summed E-state index contributed by atoms with van der Waals surface area (Å²) in [5.41, 5.74) is 5.92. The van der Waals surface area contributed by atoms with E-state index in [0.29, 0.717) is 32.2 Å². The van der Waals surface area contributed by atoms with E-state index < -0.39 is 42.0 Å². The first kappa shape index (κ1) is 26.9. The number of amides is 3. The second-order valence-electron chi connectivity index (χ2n) is 9.36. The predicted molar refractivity (Wildman–Crippen MR) is 118 cm³/mol. The van der Waals surface area contributed by atoms with E-state index in [4.69, 9.17) is 5.73 Å². The van der Waals surface area contributed by atoms with E-state index in [2.05, 4.69) is 10.6 Å². The van der Waals surface area contributed by atoms with Crippen LogP contribution in [0.4, 0.5) is 0 Å². The molecule has 0 aromatic rings. The lowest BCUT2D eigenvalue weighted by Crippen LogP contribution is -2.59. The summed E-state index contributed by atoms with van der Waals surface area (Å²) < 4.78 is 0. The minimum absolute atomic E-state index is 0.0830. The number of carboxylic acids is 1. The minimum Gasteiger partial charge on any atom is -0.480 e. The molecule has 0 radical (unpaired) electrons. The van der Waals surface area contributed by atoms with Gasteiger partial charge in [0.15, 0.2) is 0 Å². The van der Waals surface area contributed by atoms with Crippen molar-refractivity contribution in [3.05, 3.63) is 0 Å². The van der Waals surface area contributed by atoms with Crippen LogP contribution in [0.1, 0.15) is 67.2 Å². The Hall–Kier alpha value is -2.16. The maximum atomic E-state index is 13.2. The Morgan fingerprint density at radius 1 is 1.06 bits per heavy atom. The number of rotatable bonds is 11. The van der Waals surface area contributed by atoms with Crippen molar-refractivity contribution in [2.45, 2.75) is 91.4 Å². The van der Waals surface area contributed by atoms with Crippen LogP contribution >= 0.6 is 0 Å². The molecular formula is C22H40N4O5. The molecular weight excluding hydrogens is 400 g/mol. The molecule has 0 aromatic heterocycles. The van der Waals surface area contributed by atoms with Gasteiger partial charge in [0.1, 0.15) is 18.1 Å². The molecule has 1 saturated heterocycles. The van der Waals surface area contributed by atoms with Gasteiger partial charge in [0.25, 0.3) is 0 Å².